The molecule has 1 aromatic heterocycles. The van der Waals surface area contributed by atoms with Crippen molar-refractivity contribution in [2.45, 2.75) is 32.1 Å². The van der Waals surface area contributed by atoms with E-state index in [1.165, 1.54) is 11.1 Å². The van der Waals surface area contributed by atoms with Crippen molar-refractivity contribution in [2.24, 2.45) is 0 Å². The smallest absolute Gasteiger partial charge is 0.137 e. The van der Waals surface area contributed by atoms with Gasteiger partial charge in [-0.1, -0.05) is 47.5 Å². The van der Waals surface area contributed by atoms with Gasteiger partial charge in [0.1, 0.15) is 18.3 Å². The van der Waals surface area contributed by atoms with Gasteiger partial charge in [0.2, 0.25) is 0 Å². The Morgan fingerprint density at radius 2 is 2.04 bits per heavy atom. The first kappa shape index (κ1) is 15.4. The van der Waals surface area contributed by atoms with Crippen LogP contribution in [0.4, 0.5) is 0 Å². The molecule has 5 heteroatoms. The van der Waals surface area contributed by atoms with E-state index in [2.05, 4.69) is 47.3 Å². The molecule has 4 rings (SSSR count). The van der Waals surface area contributed by atoms with E-state index in [0.29, 0.717) is 6.61 Å². The third-order valence-electron chi connectivity index (χ3n) is 4.65. The van der Waals surface area contributed by atoms with E-state index in [0.717, 1.165) is 29.1 Å². The van der Waals surface area contributed by atoms with Gasteiger partial charge in [0.15, 0.2) is 0 Å². The highest BCUT2D eigenvalue weighted by atomic mass is 35.5. The summed E-state index contributed by atoms with van der Waals surface area (Å²) in [6.45, 7) is 3.39. The van der Waals surface area contributed by atoms with Crippen LogP contribution in [-0.2, 0) is 23.5 Å². The molecule has 0 amide bonds. The van der Waals surface area contributed by atoms with Crippen molar-refractivity contribution in [3.63, 3.8) is 0 Å². The summed E-state index contributed by atoms with van der Waals surface area (Å²) in [5.41, 5.74) is 4.27. The summed E-state index contributed by atoms with van der Waals surface area (Å²) in [4.78, 5) is 4.02. The van der Waals surface area contributed by atoms with Crippen molar-refractivity contribution < 1.29 is 4.74 Å². The van der Waals surface area contributed by atoms with Gasteiger partial charge in [0.05, 0.1) is 6.61 Å². The molecule has 0 N–H and O–H groups in total. The van der Waals surface area contributed by atoms with E-state index in [9.17, 15) is 0 Å². The highest BCUT2D eigenvalue weighted by molar-refractivity contribution is 6.30. The third kappa shape index (κ3) is 2.62. The summed E-state index contributed by atoms with van der Waals surface area (Å²) >= 11 is 6.16. The van der Waals surface area contributed by atoms with Crippen LogP contribution in [0.2, 0.25) is 5.02 Å². The lowest BCUT2D eigenvalue weighted by Gasteiger charge is -2.30. The molecule has 1 unspecified atom stereocenters. The lowest BCUT2D eigenvalue weighted by molar-refractivity contribution is -0.0152. The molecule has 1 aliphatic heterocycles. The van der Waals surface area contributed by atoms with E-state index in [-0.39, 0.29) is 0 Å². The second kappa shape index (κ2) is 6.04. The molecule has 1 atom stereocenters. The minimum absolute atomic E-state index is 0.473. The van der Waals surface area contributed by atoms with E-state index < -0.39 is 5.60 Å². The van der Waals surface area contributed by atoms with Gasteiger partial charge in [-0.2, -0.15) is 5.10 Å². The third-order valence-corrected chi connectivity index (χ3v) is 4.89. The second-order valence-electron chi connectivity index (χ2n) is 6.19. The van der Waals surface area contributed by atoms with Crippen LogP contribution < -0.4 is 0 Å². The monoisotopic (exact) mass is 339 g/mol. The van der Waals surface area contributed by atoms with Crippen LogP contribution in [0.5, 0.6) is 0 Å². The highest BCUT2D eigenvalue weighted by Gasteiger charge is 2.41. The van der Waals surface area contributed by atoms with Gasteiger partial charge in [0, 0.05) is 18.0 Å². The average molecular weight is 340 g/mol. The van der Waals surface area contributed by atoms with Crippen molar-refractivity contribution in [2.75, 3.05) is 0 Å². The molecule has 0 fully saturated rings. The molecule has 2 heterocycles. The van der Waals surface area contributed by atoms with Crippen molar-refractivity contribution in [1.29, 1.82) is 0 Å². The molecule has 2 aromatic carbocycles. The Morgan fingerprint density at radius 1 is 1.21 bits per heavy atom. The molecule has 0 spiro atoms. The lowest BCUT2D eigenvalue weighted by Crippen LogP contribution is -2.29. The number of aromatic nitrogens is 3. The van der Waals surface area contributed by atoms with Crippen molar-refractivity contribution >= 4 is 11.6 Å². The minimum Gasteiger partial charge on any atom is -0.361 e. The molecule has 0 radical (unpaired) electrons. The molecule has 4 nitrogen and oxygen atoms in total. The van der Waals surface area contributed by atoms with Gasteiger partial charge in [-0.25, -0.2) is 4.98 Å². The Labute approximate surface area is 146 Å². The molecule has 3 aromatic rings. The quantitative estimate of drug-likeness (QED) is 0.718. The van der Waals surface area contributed by atoms with E-state index in [1.54, 1.807) is 12.7 Å². The predicted octanol–water partition coefficient (Wildman–Crippen LogP) is 4.10. The number of benzene rings is 2. The predicted molar refractivity (Wildman–Crippen MR) is 92.8 cm³/mol. The Balaban J connectivity index is 1.77. The fraction of sp³-hybridized carbons (Fsp3) is 0.263. The molecule has 0 aliphatic carbocycles. The summed E-state index contributed by atoms with van der Waals surface area (Å²) < 4.78 is 8.21. The van der Waals surface area contributed by atoms with Crippen molar-refractivity contribution in [3.8, 4) is 0 Å². The summed E-state index contributed by atoms with van der Waals surface area (Å²) in [6.07, 6.45) is 4.08. The van der Waals surface area contributed by atoms with E-state index in [4.69, 9.17) is 16.3 Å². The van der Waals surface area contributed by atoms with Crippen molar-refractivity contribution in [1.82, 2.24) is 14.8 Å². The van der Waals surface area contributed by atoms with Crippen LogP contribution in [0.1, 0.15) is 28.7 Å². The Morgan fingerprint density at radius 3 is 2.79 bits per heavy atom. The molecule has 0 saturated carbocycles. The number of hydrogen-bond acceptors (Lipinski definition) is 3. The average Bonchev–Trinajstić information content (AvgIpc) is 3.22. The molecule has 1 aliphatic rings. The number of rotatable bonds is 4. The fourth-order valence-electron chi connectivity index (χ4n) is 3.39. The number of aryl methyl sites for hydroxylation is 2. The van der Waals surface area contributed by atoms with Crippen LogP contribution in [0.15, 0.2) is 55.1 Å². The molecular formula is C19H18ClN3O. The van der Waals surface area contributed by atoms with Crippen molar-refractivity contribution in [3.05, 3.63) is 82.4 Å². The van der Waals surface area contributed by atoms with Gasteiger partial charge in [-0.3, -0.25) is 4.68 Å². The SMILES string of the molecule is Cc1ccc(C2(CCn3cncn3)OCc3cc(Cl)ccc32)cc1. The van der Waals surface area contributed by atoms with Gasteiger partial charge >= 0.3 is 0 Å². The molecule has 122 valence electrons. The number of fused-ring (bicyclic) bond motifs is 1. The molecule has 0 bridgehead atoms. The molecular weight excluding hydrogens is 322 g/mol. The summed E-state index contributed by atoms with van der Waals surface area (Å²) in [7, 11) is 0. The number of hydrogen-bond donors (Lipinski definition) is 0. The number of ether oxygens (including phenoxy) is 1. The van der Waals surface area contributed by atoms with Crippen LogP contribution in [0, 0.1) is 6.92 Å². The number of halogens is 1. The summed E-state index contributed by atoms with van der Waals surface area (Å²) in [5.74, 6) is 0. The first-order chi connectivity index (χ1) is 11.7. The first-order valence-corrected chi connectivity index (χ1v) is 8.38. The Bertz CT molecular complexity index is 846. The molecule has 24 heavy (non-hydrogen) atoms. The normalized spacial score (nSPS) is 19.4. The standard InChI is InChI=1S/C19H18ClN3O/c1-14-2-4-16(5-3-14)19(8-9-23-13-21-12-22-23)18-7-6-17(20)10-15(18)11-24-19/h2-7,10,12-13H,8-9,11H2,1H3. The van der Waals surface area contributed by atoms with Crippen LogP contribution >= 0.6 is 11.6 Å². The topological polar surface area (TPSA) is 39.9 Å². The minimum atomic E-state index is -0.473. The first-order valence-electron chi connectivity index (χ1n) is 8.00. The fourth-order valence-corrected chi connectivity index (χ4v) is 3.58. The number of nitrogens with zero attached hydrogens (tertiary/aromatic N) is 3. The zero-order chi connectivity index (χ0) is 16.6. The van der Waals surface area contributed by atoms with E-state index in [1.807, 2.05) is 16.8 Å². The van der Waals surface area contributed by atoms with Gasteiger partial charge in [0.25, 0.3) is 0 Å². The maximum Gasteiger partial charge on any atom is 0.137 e. The highest BCUT2D eigenvalue weighted by Crippen LogP contribution is 2.45. The lowest BCUT2D eigenvalue weighted by atomic mass is 9.82. The van der Waals surface area contributed by atoms with Gasteiger partial charge in [-0.15, -0.1) is 0 Å². The molecule has 0 saturated heterocycles. The van der Waals surface area contributed by atoms with Crippen LogP contribution in [-0.4, -0.2) is 14.8 Å². The summed E-state index contributed by atoms with van der Waals surface area (Å²) in [5, 5.41) is 4.96. The largest absolute Gasteiger partial charge is 0.361 e. The second-order valence-corrected chi connectivity index (χ2v) is 6.63. The van der Waals surface area contributed by atoms with Gasteiger partial charge in [-0.05, 0) is 35.7 Å². The van der Waals surface area contributed by atoms with Gasteiger partial charge < -0.3 is 4.74 Å². The maximum absolute atomic E-state index is 6.37. The maximum atomic E-state index is 6.37. The van der Waals surface area contributed by atoms with Crippen LogP contribution in [0.3, 0.4) is 0 Å². The van der Waals surface area contributed by atoms with E-state index >= 15 is 0 Å². The zero-order valence-electron chi connectivity index (χ0n) is 13.4. The summed E-state index contributed by atoms with van der Waals surface area (Å²) in [6, 6.07) is 14.6. The van der Waals surface area contributed by atoms with Crippen LogP contribution in [0.25, 0.3) is 0 Å². The zero-order valence-corrected chi connectivity index (χ0v) is 14.2. The Hall–Kier alpha value is -2.17. The Kier molecular flexibility index (Phi) is 3.87.